The van der Waals surface area contributed by atoms with Gasteiger partial charge in [-0.05, 0) is 67.6 Å². The van der Waals surface area contributed by atoms with Crippen LogP contribution in [0.3, 0.4) is 0 Å². The van der Waals surface area contributed by atoms with E-state index in [0.29, 0.717) is 11.6 Å². The first-order valence-electron chi connectivity index (χ1n) is 10.0. The molecule has 1 aliphatic heterocycles. The first-order chi connectivity index (χ1) is 16.0. The van der Waals surface area contributed by atoms with Crippen LogP contribution in [0.15, 0.2) is 66.1 Å². The van der Waals surface area contributed by atoms with E-state index in [2.05, 4.69) is 20.3 Å². The van der Waals surface area contributed by atoms with Gasteiger partial charge in [-0.1, -0.05) is 0 Å². The number of halogens is 3. The molecule has 1 aliphatic rings. The van der Waals surface area contributed by atoms with Crippen molar-refractivity contribution in [3.63, 3.8) is 0 Å². The van der Waals surface area contributed by atoms with E-state index in [4.69, 9.17) is 0 Å². The van der Waals surface area contributed by atoms with E-state index in [1.807, 2.05) is 0 Å². The molecule has 12 heteroatoms. The second-order valence-electron chi connectivity index (χ2n) is 7.87. The molecule has 8 nitrogen and oxygen atoms in total. The molecule has 2 aromatic heterocycles. The van der Waals surface area contributed by atoms with Crippen LogP contribution in [0.5, 0.6) is 0 Å². The fraction of sp³-hybridized carbons (Fsp3) is 0.227. The first kappa shape index (κ1) is 23.5. The number of nitrogens with one attached hydrogen (secondary N) is 1. The van der Waals surface area contributed by atoms with Gasteiger partial charge in [0.15, 0.2) is 0 Å². The second kappa shape index (κ2) is 8.93. The van der Waals surface area contributed by atoms with Crippen molar-refractivity contribution in [2.45, 2.75) is 36.3 Å². The van der Waals surface area contributed by atoms with Gasteiger partial charge in [-0.2, -0.15) is 13.2 Å². The highest BCUT2D eigenvalue weighted by Gasteiger charge is 2.51. The number of amides is 3. The number of hydrogen-bond donors (Lipinski definition) is 1. The maximum Gasteiger partial charge on any atom is 0.446 e. The maximum atomic E-state index is 13.2. The Labute approximate surface area is 197 Å². The summed E-state index contributed by atoms with van der Waals surface area (Å²) < 4.78 is 37.8. The van der Waals surface area contributed by atoms with Crippen LogP contribution in [-0.2, 0) is 11.3 Å². The van der Waals surface area contributed by atoms with Crippen LogP contribution in [0.1, 0.15) is 19.4 Å². The molecule has 0 atom stereocenters. The molecule has 3 heterocycles. The number of rotatable bonds is 6. The molecule has 3 aromatic rings. The summed E-state index contributed by atoms with van der Waals surface area (Å²) in [5.74, 6) is 0.516. The highest BCUT2D eigenvalue weighted by Crippen LogP contribution is 2.39. The van der Waals surface area contributed by atoms with E-state index in [0.717, 1.165) is 10.5 Å². The number of imide groups is 1. The van der Waals surface area contributed by atoms with Crippen molar-refractivity contribution in [2.75, 3.05) is 10.2 Å². The zero-order valence-electron chi connectivity index (χ0n) is 18.1. The summed E-state index contributed by atoms with van der Waals surface area (Å²) in [6.45, 7) is 3.37. The van der Waals surface area contributed by atoms with Gasteiger partial charge in [0, 0.05) is 30.0 Å². The van der Waals surface area contributed by atoms with E-state index < -0.39 is 23.0 Å². The van der Waals surface area contributed by atoms with Crippen LogP contribution in [-0.4, -0.2) is 42.8 Å². The molecule has 1 saturated heterocycles. The molecule has 1 N–H and O–H groups in total. The molecule has 1 fully saturated rings. The van der Waals surface area contributed by atoms with Crippen molar-refractivity contribution in [1.82, 2.24) is 19.9 Å². The Balaban J connectivity index is 1.54. The highest BCUT2D eigenvalue weighted by atomic mass is 32.2. The van der Waals surface area contributed by atoms with Gasteiger partial charge in [0.25, 0.3) is 5.91 Å². The minimum Gasteiger partial charge on any atom is -0.324 e. The normalized spacial score (nSPS) is 15.7. The number of hydrogen-bond acceptors (Lipinski definition) is 7. The molecule has 0 unspecified atom stereocenters. The van der Waals surface area contributed by atoms with Crippen molar-refractivity contribution in [3.05, 3.63) is 66.7 Å². The van der Waals surface area contributed by atoms with E-state index >= 15 is 0 Å². The maximum absolute atomic E-state index is 13.2. The van der Waals surface area contributed by atoms with Crippen LogP contribution in [0.25, 0.3) is 0 Å². The summed E-state index contributed by atoms with van der Waals surface area (Å²) in [6, 6.07) is 8.02. The van der Waals surface area contributed by atoms with E-state index in [-0.39, 0.29) is 28.9 Å². The molecule has 0 bridgehead atoms. The number of thioether (sulfide) groups is 1. The predicted molar refractivity (Wildman–Crippen MR) is 120 cm³/mol. The summed E-state index contributed by atoms with van der Waals surface area (Å²) in [5, 5.41) is 3.02. The van der Waals surface area contributed by atoms with Crippen LogP contribution in [0, 0.1) is 0 Å². The summed E-state index contributed by atoms with van der Waals surface area (Å²) in [5.41, 5.74) is -4.67. The van der Waals surface area contributed by atoms with Crippen molar-refractivity contribution in [2.24, 2.45) is 0 Å². The zero-order valence-corrected chi connectivity index (χ0v) is 18.9. The Morgan fingerprint density at radius 2 is 1.71 bits per heavy atom. The molecule has 176 valence electrons. The van der Waals surface area contributed by atoms with Gasteiger partial charge in [0.1, 0.15) is 17.2 Å². The van der Waals surface area contributed by atoms with E-state index in [9.17, 15) is 22.8 Å². The second-order valence-corrected chi connectivity index (χ2v) is 9.01. The number of carbonyl (C=O) groups excluding carboxylic acids is 2. The van der Waals surface area contributed by atoms with Gasteiger partial charge < -0.3 is 10.2 Å². The van der Waals surface area contributed by atoms with Gasteiger partial charge in [-0.3, -0.25) is 9.78 Å². The largest absolute Gasteiger partial charge is 0.446 e. The molecule has 4 rings (SSSR count). The fourth-order valence-corrected chi connectivity index (χ4v) is 3.98. The fourth-order valence-electron chi connectivity index (χ4n) is 3.44. The molecule has 0 radical (unpaired) electrons. The minimum atomic E-state index is -4.43. The third-order valence-corrected chi connectivity index (χ3v) is 5.88. The number of benzene rings is 1. The van der Waals surface area contributed by atoms with Crippen molar-refractivity contribution in [1.29, 1.82) is 0 Å². The lowest BCUT2D eigenvalue weighted by molar-refractivity contribution is -0.123. The lowest BCUT2D eigenvalue weighted by Gasteiger charge is -2.27. The van der Waals surface area contributed by atoms with Gasteiger partial charge >= 0.3 is 11.5 Å². The van der Waals surface area contributed by atoms with Crippen molar-refractivity contribution >= 4 is 41.0 Å². The number of urea groups is 1. The van der Waals surface area contributed by atoms with Gasteiger partial charge in [0.2, 0.25) is 0 Å². The molecule has 34 heavy (non-hydrogen) atoms. The molecule has 0 spiro atoms. The minimum absolute atomic E-state index is 0.0358. The smallest absolute Gasteiger partial charge is 0.324 e. The van der Waals surface area contributed by atoms with Crippen LogP contribution >= 0.6 is 11.8 Å². The molecule has 0 aliphatic carbocycles. The van der Waals surface area contributed by atoms with Crippen molar-refractivity contribution < 1.29 is 22.8 Å². The number of anilines is 3. The van der Waals surface area contributed by atoms with Crippen molar-refractivity contribution in [3.8, 4) is 0 Å². The Hall–Kier alpha value is -3.67. The predicted octanol–water partition coefficient (Wildman–Crippen LogP) is 4.97. The Morgan fingerprint density at radius 3 is 2.35 bits per heavy atom. The van der Waals surface area contributed by atoms with Gasteiger partial charge in [-0.25, -0.2) is 19.7 Å². The van der Waals surface area contributed by atoms with Crippen LogP contribution < -0.4 is 10.2 Å². The molecule has 3 amide bonds. The van der Waals surface area contributed by atoms with Gasteiger partial charge in [-0.15, -0.1) is 0 Å². The Bertz CT molecular complexity index is 1210. The molecule has 1 aromatic carbocycles. The van der Waals surface area contributed by atoms with Crippen LogP contribution in [0.4, 0.5) is 35.3 Å². The summed E-state index contributed by atoms with van der Waals surface area (Å²) >= 11 is -0.261. The lowest BCUT2D eigenvalue weighted by Crippen LogP contribution is -2.43. The number of nitrogens with zero attached hydrogens (tertiary/aromatic N) is 5. The monoisotopic (exact) mass is 488 g/mol. The topological polar surface area (TPSA) is 91.3 Å². The first-order valence-corrected chi connectivity index (χ1v) is 10.9. The average molecular weight is 488 g/mol. The molecular formula is C22H19F3N6O2S. The number of aromatic nitrogens is 3. The third kappa shape index (κ3) is 4.96. The van der Waals surface area contributed by atoms with E-state index in [1.165, 1.54) is 41.6 Å². The Morgan fingerprint density at radius 1 is 1.00 bits per heavy atom. The molecule has 0 saturated carbocycles. The SMILES string of the molecule is CC1(C)C(=O)N(c2ccc(SC(F)(F)F)cc2)C(=O)N1Cc1ccnc(Nc2cnccn2)c1. The lowest BCUT2D eigenvalue weighted by atomic mass is 10.0. The Kier molecular flexibility index (Phi) is 6.17. The summed E-state index contributed by atoms with van der Waals surface area (Å²) in [7, 11) is 0. The number of carbonyl (C=O) groups is 2. The number of alkyl halides is 3. The zero-order chi connectivity index (χ0) is 24.5. The highest BCUT2D eigenvalue weighted by molar-refractivity contribution is 8.00. The molecular weight excluding hydrogens is 469 g/mol. The summed E-state index contributed by atoms with van der Waals surface area (Å²) in [6.07, 6.45) is 6.18. The summed E-state index contributed by atoms with van der Waals surface area (Å²) in [4.78, 5) is 41.0. The third-order valence-electron chi connectivity index (χ3n) is 5.14. The standard InChI is InChI=1S/C22H19F3N6O2S/c1-21(2)19(32)31(15-3-5-16(6-4-15)34-22(23,24)25)20(33)30(21)13-14-7-8-27-17(11-14)29-18-12-26-9-10-28-18/h3-12H,13H2,1-2H3,(H,27,28,29). The average Bonchev–Trinajstić information content (AvgIpc) is 2.94. The van der Waals surface area contributed by atoms with Crippen LogP contribution in [0.2, 0.25) is 0 Å². The van der Waals surface area contributed by atoms with E-state index in [1.54, 1.807) is 38.4 Å². The quantitative estimate of drug-likeness (QED) is 0.387. The van der Waals surface area contributed by atoms with Gasteiger partial charge in [0.05, 0.1) is 11.9 Å². The number of pyridine rings is 1.